The number of rotatable bonds is 8. The number of nitrogens with two attached hydrogens (primary N) is 1. The monoisotopic (exact) mass is 422 g/mol. The predicted octanol–water partition coefficient (Wildman–Crippen LogP) is 2.32. The summed E-state index contributed by atoms with van der Waals surface area (Å²) in [5.74, 6) is 0.733. The van der Waals surface area contributed by atoms with Gasteiger partial charge in [0.25, 0.3) is 5.91 Å². The molecule has 1 amide bonds. The van der Waals surface area contributed by atoms with Crippen LogP contribution in [0.15, 0.2) is 49.1 Å². The molecule has 162 valence electrons. The number of hydrogen-bond acceptors (Lipinski definition) is 7. The predicted molar refractivity (Wildman–Crippen MR) is 118 cm³/mol. The van der Waals surface area contributed by atoms with E-state index in [-0.39, 0.29) is 19.1 Å². The highest BCUT2D eigenvalue weighted by Crippen LogP contribution is 2.25. The molecule has 3 rings (SSSR count). The first kappa shape index (κ1) is 22.0. The Kier molecular flexibility index (Phi) is 6.36. The van der Waals surface area contributed by atoms with E-state index in [0.29, 0.717) is 39.8 Å². The second-order valence-electron chi connectivity index (χ2n) is 7.81. The molecule has 1 aromatic carbocycles. The molecule has 9 nitrogen and oxygen atoms in total. The largest absolute Gasteiger partial charge is 0.490 e. The van der Waals surface area contributed by atoms with Gasteiger partial charge in [0.05, 0.1) is 23.4 Å². The van der Waals surface area contributed by atoms with Gasteiger partial charge < -0.3 is 26.3 Å². The smallest absolute Gasteiger partial charge is 0.252 e. The Bertz CT molecular complexity index is 1110. The van der Waals surface area contributed by atoms with E-state index < -0.39 is 5.54 Å². The zero-order valence-corrected chi connectivity index (χ0v) is 17.7. The van der Waals surface area contributed by atoms with Gasteiger partial charge in [-0.3, -0.25) is 9.36 Å². The first-order valence-electron chi connectivity index (χ1n) is 9.69. The molecule has 2 aromatic heterocycles. The summed E-state index contributed by atoms with van der Waals surface area (Å²) in [5.41, 5.74) is 7.54. The quantitative estimate of drug-likeness (QED) is 0.324. The third kappa shape index (κ3) is 5.26. The number of nitrogens with one attached hydrogen (secondary N) is 2. The maximum Gasteiger partial charge on any atom is 0.252 e. The van der Waals surface area contributed by atoms with E-state index in [9.17, 15) is 9.90 Å². The van der Waals surface area contributed by atoms with Crippen molar-refractivity contribution in [2.75, 3.05) is 12.3 Å². The molecule has 0 saturated heterocycles. The molecule has 31 heavy (non-hydrogen) atoms. The number of nitrogen functional groups attached to an aromatic ring is 1. The average molecular weight is 422 g/mol. The van der Waals surface area contributed by atoms with Crippen molar-refractivity contribution >= 4 is 17.3 Å². The van der Waals surface area contributed by atoms with Crippen molar-refractivity contribution in [3.63, 3.8) is 0 Å². The summed E-state index contributed by atoms with van der Waals surface area (Å²) in [7, 11) is 0. The topological polar surface area (TPSA) is 139 Å². The van der Waals surface area contributed by atoms with Crippen molar-refractivity contribution in [3.05, 3.63) is 65.9 Å². The number of hydrogen-bond donors (Lipinski definition) is 4. The van der Waals surface area contributed by atoms with Crippen LogP contribution < -0.4 is 15.8 Å². The van der Waals surface area contributed by atoms with E-state index in [1.807, 2.05) is 13.8 Å². The molecule has 0 radical (unpaired) electrons. The van der Waals surface area contributed by atoms with Gasteiger partial charge in [0, 0.05) is 29.4 Å². The van der Waals surface area contributed by atoms with Crippen molar-refractivity contribution in [3.8, 4) is 11.6 Å². The lowest BCUT2D eigenvalue weighted by Crippen LogP contribution is -2.48. The minimum atomic E-state index is -0.697. The summed E-state index contributed by atoms with van der Waals surface area (Å²) >= 11 is 0. The van der Waals surface area contributed by atoms with Crippen LogP contribution in [-0.4, -0.2) is 43.4 Å². The van der Waals surface area contributed by atoms with Crippen LogP contribution in [0.2, 0.25) is 0 Å². The molecule has 0 atom stereocenters. The second kappa shape index (κ2) is 8.97. The van der Waals surface area contributed by atoms with Gasteiger partial charge >= 0.3 is 0 Å². The molecule has 0 aliphatic heterocycles. The van der Waals surface area contributed by atoms with Gasteiger partial charge in [0.15, 0.2) is 0 Å². The fourth-order valence-corrected chi connectivity index (χ4v) is 3.01. The van der Waals surface area contributed by atoms with Crippen molar-refractivity contribution < 1.29 is 14.6 Å². The number of imidazole rings is 1. The zero-order valence-electron chi connectivity index (χ0n) is 17.7. The molecule has 0 bridgehead atoms. The van der Waals surface area contributed by atoms with E-state index >= 15 is 0 Å². The van der Waals surface area contributed by atoms with Gasteiger partial charge in [0.1, 0.15) is 24.5 Å². The highest BCUT2D eigenvalue weighted by Gasteiger charge is 2.23. The number of aliphatic hydroxyl groups is 1. The third-order valence-corrected chi connectivity index (χ3v) is 4.54. The van der Waals surface area contributed by atoms with Gasteiger partial charge in [-0.05, 0) is 45.0 Å². The van der Waals surface area contributed by atoms with E-state index in [2.05, 4.69) is 15.3 Å². The fourth-order valence-electron chi connectivity index (χ4n) is 3.01. The van der Waals surface area contributed by atoms with Gasteiger partial charge in [-0.2, -0.15) is 0 Å². The minimum Gasteiger partial charge on any atom is -0.490 e. The molecule has 2 heterocycles. The number of aromatic nitrogens is 3. The Hall–Kier alpha value is -3.72. The Morgan fingerprint density at radius 1 is 1.32 bits per heavy atom. The SMILES string of the molecule is CC(=N)c1c(N)cccc1OCC(C)(C)NC(=O)c1ccnc(-n2cnc(CO)c2)c1. The van der Waals surface area contributed by atoms with Crippen LogP contribution in [0.4, 0.5) is 5.69 Å². The number of anilines is 1. The molecule has 5 N–H and O–H groups in total. The van der Waals surface area contributed by atoms with Crippen LogP contribution in [0, 0.1) is 5.41 Å². The van der Waals surface area contributed by atoms with E-state index in [4.69, 9.17) is 15.9 Å². The third-order valence-electron chi connectivity index (χ3n) is 4.54. The molecule has 0 saturated carbocycles. The van der Waals surface area contributed by atoms with Gasteiger partial charge in [-0.1, -0.05) is 6.07 Å². The normalized spacial score (nSPS) is 11.2. The molecule has 0 fully saturated rings. The maximum atomic E-state index is 12.8. The number of ether oxygens (including phenoxy) is 1. The van der Waals surface area contributed by atoms with E-state index in [0.717, 1.165) is 0 Å². The molecule has 0 spiro atoms. The van der Waals surface area contributed by atoms with Gasteiger partial charge in [0.2, 0.25) is 0 Å². The van der Waals surface area contributed by atoms with Crippen LogP contribution in [0.1, 0.15) is 42.4 Å². The Morgan fingerprint density at radius 3 is 2.77 bits per heavy atom. The second-order valence-corrected chi connectivity index (χ2v) is 7.81. The lowest BCUT2D eigenvalue weighted by atomic mass is 10.1. The summed E-state index contributed by atoms with van der Waals surface area (Å²) in [6.45, 7) is 5.35. The number of nitrogens with zero attached hydrogens (tertiary/aromatic N) is 3. The Labute approximate surface area is 180 Å². The maximum absolute atomic E-state index is 12.8. The number of benzene rings is 1. The molecule has 0 aliphatic rings. The number of aliphatic hydroxyl groups excluding tert-OH is 1. The number of amides is 1. The van der Waals surface area contributed by atoms with Crippen LogP contribution in [0.25, 0.3) is 5.82 Å². The van der Waals surface area contributed by atoms with E-state index in [1.165, 1.54) is 12.5 Å². The van der Waals surface area contributed by atoms with Crippen molar-refractivity contribution in [1.82, 2.24) is 19.9 Å². The Balaban J connectivity index is 1.71. The molecule has 0 aliphatic carbocycles. The lowest BCUT2D eigenvalue weighted by Gasteiger charge is -2.27. The highest BCUT2D eigenvalue weighted by molar-refractivity contribution is 6.03. The van der Waals surface area contributed by atoms with Gasteiger partial charge in [-0.25, -0.2) is 9.97 Å². The van der Waals surface area contributed by atoms with Crippen molar-refractivity contribution in [1.29, 1.82) is 5.41 Å². The van der Waals surface area contributed by atoms with Crippen LogP contribution >= 0.6 is 0 Å². The number of pyridine rings is 1. The molecule has 3 aromatic rings. The summed E-state index contributed by atoms with van der Waals surface area (Å²) in [6, 6.07) is 8.50. The fraction of sp³-hybridized carbons (Fsp3) is 0.273. The first-order valence-corrected chi connectivity index (χ1v) is 9.69. The Morgan fingerprint density at radius 2 is 2.10 bits per heavy atom. The lowest BCUT2D eigenvalue weighted by molar-refractivity contribution is 0.0880. The number of carbonyl (C=O) groups excluding carboxylic acids is 1. The number of carbonyl (C=O) groups is 1. The van der Waals surface area contributed by atoms with E-state index in [1.54, 1.807) is 48.0 Å². The molecular weight excluding hydrogens is 396 g/mol. The van der Waals surface area contributed by atoms with Gasteiger partial charge in [-0.15, -0.1) is 0 Å². The average Bonchev–Trinajstić information content (AvgIpc) is 3.21. The summed E-state index contributed by atoms with van der Waals surface area (Å²) in [4.78, 5) is 21.1. The van der Waals surface area contributed by atoms with Crippen LogP contribution in [-0.2, 0) is 6.61 Å². The zero-order chi connectivity index (χ0) is 22.6. The summed E-state index contributed by atoms with van der Waals surface area (Å²) in [5, 5.41) is 20.1. The molecule has 9 heteroatoms. The van der Waals surface area contributed by atoms with Crippen molar-refractivity contribution in [2.24, 2.45) is 0 Å². The summed E-state index contributed by atoms with van der Waals surface area (Å²) < 4.78 is 7.54. The highest BCUT2D eigenvalue weighted by atomic mass is 16.5. The van der Waals surface area contributed by atoms with Crippen LogP contribution in [0.5, 0.6) is 5.75 Å². The molecule has 0 unspecified atom stereocenters. The first-order chi connectivity index (χ1) is 14.7. The summed E-state index contributed by atoms with van der Waals surface area (Å²) in [6.07, 6.45) is 4.72. The minimum absolute atomic E-state index is 0.173. The standard InChI is InChI=1S/C22H26N6O3/c1-14(23)20-17(24)5-4-6-18(20)31-12-22(2,3)27-21(30)15-7-8-25-19(9-15)28-10-16(11-29)26-13-28/h4-10,13,23,29H,11-12,24H2,1-3H3,(H,27,30). The molecular formula is C22H26N6O3. The van der Waals surface area contributed by atoms with Crippen LogP contribution in [0.3, 0.4) is 0 Å². The van der Waals surface area contributed by atoms with Crippen molar-refractivity contribution in [2.45, 2.75) is 32.9 Å².